The van der Waals surface area contributed by atoms with Gasteiger partial charge in [0.25, 0.3) is 5.91 Å². The monoisotopic (exact) mass is 435 g/mol. The van der Waals surface area contributed by atoms with Crippen LogP contribution in [0.3, 0.4) is 0 Å². The van der Waals surface area contributed by atoms with E-state index in [4.69, 9.17) is 4.98 Å². The van der Waals surface area contributed by atoms with Crippen molar-refractivity contribution in [2.75, 3.05) is 10.6 Å². The van der Waals surface area contributed by atoms with Crippen LogP contribution in [-0.2, 0) is 0 Å². The summed E-state index contributed by atoms with van der Waals surface area (Å²) in [7, 11) is 0. The summed E-state index contributed by atoms with van der Waals surface area (Å²) < 4.78 is 0. The number of aromatic nitrogens is 1. The van der Waals surface area contributed by atoms with Gasteiger partial charge in [-0.15, -0.1) is 11.3 Å². The van der Waals surface area contributed by atoms with Gasteiger partial charge in [0.05, 0.1) is 5.69 Å². The topological polar surface area (TPSA) is 54.0 Å². The summed E-state index contributed by atoms with van der Waals surface area (Å²) >= 11 is 1.57. The zero-order chi connectivity index (χ0) is 21.9. The van der Waals surface area contributed by atoms with Crippen LogP contribution >= 0.6 is 11.3 Å². The standard InChI is InChI=1S/C27H21N3OS/c1-18-6-4-9-22(16-18)29-27-30-25(17-32-27)20-12-14-21(15-13-20)28-26(31)24-11-5-8-19-7-2-3-10-23(19)24/h2-17H,1H3,(H,28,31)(H,29,30). The normalized spacial score (nSPS) is 10.8. The highest BCUT2D eigenvalue weighted by molar-refractivity contribution is 7.14. The Kier molecular flexibility index (Phi) is 5.40. The van der Waals surface area contributed by atoms with Crippen molar-refractivity contribution >= 4 is 44.5 Å². The molecule has 0 radical (unpaired) electrons. The van der Waals surface area contributed by atoms with Gasteiger partial charge in [-0.3, -0.25) is 4.79 Å². The number of aryl methyl sites for hydroxylation is 1. The van der Waals surface area contributed by atoms with E-state index in [-0.39, 0.29) is 5.91 Å². The lowest BCUT2D eigenvalue weighted by atomic mass is 10.0. The summed E-state index contributed by atoms with van der Waals surface area (Å²) in [6.07, 6.45) is 0. The number of anilines is 3. The molecule has 4 nitrogen and oxygen atoms in total. The number of rotatable bonds is 5. The largest absolute Gasteiger partial charge is 0.332 e. The molecule has 156 valence electrons. The quantitative estimate of drug-likeness (QED) is 0.305. The zero-order valence-corrected chi connectivity index (χ0v) is 18.3. The van der Waals surface area contributed by atoms with E-state index >= 15 is 0 Å². The van der Waals surface area contributed by atoms with E-state index in [0.29, 0.717) is 5.56 Å². The lowest BCUT2D eigenvalue weighted by Crippen LogP contribution is -2.12. The lowest BCUT2D eigenvalue weighted by Gasteiger charge is -2.08. The molecule has 5 heteroatoms. The molecule has 2 N–H and O–H groups in total. The number of hydrogen-bond acceptors (Lipinski definition) is 4. The molecule has 1 aromatic heterocycles. The highest BCUT2D eigenvalue weighted by Gasteiger charge is 2.11. The highest BCUT2D eigenvalue weighted by Crippen LogP contribution is 2.28. The maximum absolute atomic E-state index is 12.9. The Labute approximate surface area is 190 Å². The van der Waals surface area contributed by atoms with E-state index < -0.39 is 0 Å². The van der Waals surface area contributed by atoms with E-state index in [2.05, 4.69) is 29.7 Å². The summed E-state index contributed by atoms with van der Waals surface area (Å²) in [5, 5.41) is 11.2. The molecule has 1 heterocycles. The van der Waals surface area contributed by atoms with Crippen molar-refractivity contribution in [2.45, 2.75) is 6.92 Å². The molecule has 1 amide bonds. The first-order chi connectivity index (χ1) is 15.7. The first kappa shape index (κ1) is 20.0. The van der Waals surface area contributed by atoms with E-state index in [1.165, 1.54) is 5.56 Å². The third kappa shape index (κ3) is 4.24. The van der Waals surface area contributed by atoms with Crippen molar-refractivity contribution in [1.29, 1.82) is 0 Å². The molecule has 4 aromatic carbocycles. The molecule has 0 aliphatic rings. The van der Waals surface area contributed by atoms with Gasteiger partial charge in [-0.1, -0.05) is 60.7 Å². The lowest BCUT2D eigenvalue weighted by molar-refractivity contribution is 0.102. The van der Waals surface area contributed by atoms with Gasteiger partial charge in [-0.25, -0.2) is 4.98 Å². The zero-order valence-electron chi connectivity index (χ0n) is 17.5. The number of amides is 1. The van der Waals surface area contributed by atoms with E-state index in [9.17, 15) is 4.79 Å². The van der Waals surface area contributed by atoms with E-state index in [1.807, 2.05) is 84.2 Å². The summed E-state index contributed by atoms with van der Waals surface area (Å²) in [6.45, 7) is 2.07. The second-order valence-electron chi connectivity index (χ2n) is 7.59. The molecule has 5 rings (SSSR count). The van der Waals surface area contributed by atoms with Crippen LogP contribution in [-0.4, -0.2) is 10.9 Å². The van der Waals surface area contributed by atoms with Gasteiger partial charge in [0, 0.05) is 27.9 Å². The molecular formula is C27H21N3OS. The summed E-state index contributed by atoms with van der Waals surface area (Å²) in [5.74, 6) is -0.118. The van der Waals surface area contributed by atoms with Crippen LogP contribution in [0.2, 0.25) is 0 Å². The highest BCUT2D eigenvalue weighted by atomic mass is 32.1. The summed E-state index contributed by atoms with van der Waals surface area (Å²) in [5.41, 5.74) is 5.54. The maximum Gasteiger partial charge on any atom is 0.256 e. The van der Waals surface area contributed by atoms with Gasteiger partial charge >= 0.3 is 0 Å². The fourth-order valence-corrected chi connectivity index (χ4v) is 4.40. The second kappa shape index (κ2) is 8.65. The van der Waals surface area contributed by atoms with Crippen LogP contribution in [0.4, 0.5) is 16.5 Å². The van der Waals surface area contributed by atoms with Gasteiger partial charge in [-0.2, -0.15) is 0 Å². The van der Waals surface area contributed by atoms with E-state index in [1.54, 1.807) is 11.3 Å². The molecule has 0 saturated heterocycles. The predicted octanol–water partition coefficient (Wildman–Crippen LogP) is 7.27. The Hall–Kier alpha value is -3.96. The molecule has 0 atom stereocenters. The van der Waals surface area contributed by atoms with Crippen molar-refractivity contribution in [3.05, 3.63) is 108 Å². The number of fused-ring (bicyclic) bond motifs is 1. The third-order valence-electron chi connectivity index (χ3n) is 5.25. The second-order valence-corrected chi connectivity index (χ2v) is 8.45. The van der Waals surface area contributed by atoms with Crippen LogP contribution in [0.15, 0.2) is 96.4 Å². The molecule has 0 aliphatic carbocycles. The number of benzene rings is 4. The van der Waals surface area contributed by atoms with Crippen molar-refractivity contribution in [1.82, 2.24) is 4.98 Å². The fourth-order valence-electron chi connectivity index (χ4n) is 3.66. The van der Waals surface area contributed by atoms with Crippen LogP contribution in [0, 0.1) is 6.92 Å². The molecule has 0 bridgehead atoms. The van der Waals surface area contributed by atoms with Gasteiger partial charge in [0.15, 0.2) is 5.13 Å². The fraction of sp³-hybridized carbons (Fsp3) is 0.0370. The number of carbonyl (C=O) groups excluding carboxylic acids is 1. The molecule has 0 aliphatic heterocycles. The Bertz CT molecular complexity index is 1400. The number of hydrogen-bond donors (Lipinski definition) is 2. The number of carbonyl (C=O) groups is 1. The molecule has 5 aromatic rings. The average Bonchev–Trinajstić information content (AvgIpc) is 3.27. The smallest absolute Gasteiger partial charge is 0.256 e. The van der Waals surface area contributed by atoms with E-state index in [0.717, 1.165) is 38.5 Å². The van der Waals surface area contributed by atoms with Crippen LogP contribution in [0.25, 0.3) is 22.0 Å². The number of nitrogens with zero attached hydrogens (tertiary/aromatic N) is 1. The van der Waals surface area contributed by atoms with Crippen LogP contribution in [0.1, 0.15) is 15.9 Å². The minimum atomic E-state index is -0.118. The maximum atomic E-state index is 12.9. The molecule has 0 unspecified atom stereocenters. The third-order valence-corrected chi connectivity index (χ3v) is 6.00. The Balaban J connectivity index is 1.30. The molecule has 0 spiro atoms. The molecular weight excluding hydrogens is 414 g/mol. The average molecular weight is 436 g/mol. The Morgan fingerprint density at radius 1 is 0.844 bits per heavy atom. The van der Waals surface area contributed by atoms with Crippen LogP contribution in [0.5, 0.6) is 0 Å². The van der Waals surface area contributed by atoms with Crippen LogP contribution < -0.4 is 10.6 Å². The van der Waals surface area contributed by atoms with Gasteiger partial charge in [-0.05, 0) is 53.6 Å². The molecule has 32 heavy (non-hydrogen) atoms. The number of thiazole rings is 1. The number of nitrogens with one attached hydrogen (secondary N) is 2. The summed E-state index contributed by atoms with van der Waals surface area (Å²) in [4.78, 5) is 17.6. The molecule has 0 saturated carbocycles. The van der Waals surface area contributed by atoms with Crippen molar-refractivity contribution in [2.24, 2.45) is 0 Å². The van der Waals surface area contributed by atoms with Crippen molar-refractivity contribution < 1.29 is 4.79 Å². The van der Waals surface area contributed by atoms with Gasteiger partial charge < -0.3 is 10.6 Å². The predicted molar refractivity (Wildman–Crippen MR) is 134 cm³/mol. The Morgan fingerprint density at radius 3 is 2.47 bits per heavy atom. The molecule has 0 fully saturated rings. The van der Waals surface area contributed by atoms with Gasteiger partial charge in [0.2, 0.25) is 0 Å². The van der Waals surface area contributed by atoms with Gasteiger partial charge in [0.1, 0.15) is 0 Å². The minimum absolute atomic E-state index is 0.118. The van der Waals surface area contributed by atoms with Crippen molar-refractivity contribution in [3.8, 4) is 11.3 Å². The summed E-state index contributed by atoms with van der Waals surface area (Å²) in [6, 6.07) is 29.7. The minimum Gasteiger partial charge on any atom is -0.332 e. The first-order valence-corrected chi connectivity index (χ1v) is 11.2. The Morgan fingerprint density at radius 2 is 1.62 bits per heavy atom. The van der Waals surface area contributed by atoms with Crippen molar-refractivity contribution in [3.63, 3.8) is 0 Å². The SMILES string of the molecule is Cc1cccc(Nc2nc(-c3ccc(NC(=O)c4cccc5ccccc45)cc3)cs2)c1. The first-order valence-electron chi connectivity index (χ1n) is 10.3.